The number of piperidine rings is 1. The van der Waals surface area contributed by atoms with E-state index in [1.54, 1.807) is 11.6 Å². The van der Waals surface area contributed by atoms with Crippen LogP contribution in [0.15, 0.2) is 60.8 Å². The number of carbonyl (C=O) groups is 1. The molecule has 0 radical (unpaired) electrons. The van der Waals surface area contributed by atoms with Gasteiger partial charge in [-0.2, -0.15) is 5.10 Å². The first-order chi connectivity index (χ1) is 17.2. The number of hydroxylamine groups is 1. The third kappa shape index (κ3) is 6.99. The van der Waals surface area contributed by atoms with Crippen molar-refractivity contribution >= 4 is 64.4 Å². The van der Waals surface area contributed by atoms with Crippen molar-refractivity contribution in [3.05, 3.63) is 71.9 Å². The molecule has 10 heteroatoms. The molecule has 8 nitrogen and oxygen atoms in total. The lowest BCUT2D eigenvalue weighted by Gasteiger charge is -2.26. The molecule has 5 rings (SSSR count). The van der Waals surface area contributed by atoms with E-state index in [-0.39, 0.29) is 24.8 Å². The number of amides is 1. The maximum atomic E-state index is 11.4. The lowest BCUT2D eigenvalue weighted by Crippen LogP contribution is -2.33. The van der Waals surface area contributed by atoms with Crippen molar-refractivity contribution in [2.24, 2.45) is 0 Å². The normalized spacial score (nSPS) is 13.9. The molecule has 0 unspecified atom stereocenters. The van der Waals surface area contributed by atoms with Crippen LogP contribution in [0.5, 0.6) is 0 Å². The number of rotatable bonds is 8. The molecule has 3 N–H and O–H groups in total. The van der Waals surface area contributed by atoms with E-state index in [0.29, 0.717) is 6.54 Å². The second-order valence-corrected chi connectivity index (χ2v) is 8.95. The number of halogens is 2. The van der Waals surface area contributed by atoms with Crippen LogP contribution in [0.3, 0.4) is 0 Å². The van der Waals surface area contributed by atoms with Crippen LogP contribution in [-0.2, 0) is 11.3 Å². The Labute approximate surface area is 228 Å². The van der Waals surface area contributed by atoms with Gasteiger partial charge in [0.15, 0.2) is 5.82 Å². The number of hydrogen-bond acceptors (Lipinski definition) is 6. The largest absolute Gasteiger partial charge is 0.367 e. The van der Waals surface area contributed by atoms with E-state index in [1.807, 2.05) is 41.1 Å². The van der Waals surface area contributed by atoms with Gasteiger partial charge in [-0.25, -0.2) is 10.5 Å². The molecule has 1 fully saturated rings. The molecule has 1 aliphatic rings. The molecule has 3 heterocycles. The summed E-state index contributed by atoms with van der Waals surface area (Å²) in [4.78, 5) is 18.8. The summed E-state index contributed by atoms with van der Waals surface area (Å²) < 4.78 is 1.96. The lowest BCUT2D eigenvalue weighted by atomic mass is 10.1. The number of anilines is 1. The molecule has 196 valence electrons. The van der Waals surface area contributed by atoms with Gasteiger partial charge in [-0.3, -0.25) is 14.7 Å². The minimum absolute atomic E-state index is 0. The van der Waals surface area contributed by atoms with Gasteiger partial charge in [0.05, 0.1) is 12.1 Å². The number of nitrogens with zero attached hydrogens (tertiary/aromatic N) is 4. The summed E-state index contributed by atoms with van der Waals surface area (Å²) in [6, 6.07) is 16.1. The minimum Gasteiger partial charge on any atom is -0.367 e. The van der Waals surface area contributed by atoms with E-state index in [9.17, 15) is 4.79 Å². The predicted molar refractivity (Wildman–Crippen MR) is 153 cm³/mol. The summed E-state index contributed by atoms with van der Waals surface area (Å²) in [5.41, 5.74) is 5.33. The fourth-order valence-corrected chi connectivity index (χ4v) is 4.64. The summed E-state index contributed by atoms with van der Waals surface area (Å²) in [5, 5.41) is 19.2. The first-order valence-corrected chi connectivity index (χ1v) is 12.1. The molecular formula is C27H32Cl2N6O2. The van der Waals surface area contributed by atoms with Crippen LogP contribution >= 0.6 is 24.8 Å². The van der Waals surface area contributed by atoms with Gasteiger partial charge in [-0.1, -0.05) is 42.8 Å². The number of likely N-dealkylation sites (tertiary alicyclic amines) is 1. The summed E-state index contributed by atoms with van der Waals surface area (Å²) in [7, 11) is 0. The Morgan fingerprint density at radius 2 is 1.81 bits per heavy atom. The number of pyridine rings is 1. The highest BCUT2D eigenvalue weighted by molar-refractivity contribution is 6.09. The fourth-order valence-electron chi connectivity index (χ4n) is 4.64. The second kappa shape index (κ2) is 13.4. The summed E-state index contributed by atoms with van der Waals surface area (Å²) in [6.45, 7) is 4.80. The molecule has 0 spiro atoms. The maximum absolute atomic E-state index is 11.4. The van der Waals surface area contributed by atoms with Gasteiger partial charge in [0, 0.05) is 36.1 Å². The topological polar surface area (TPSA) is 95.3 Å². The first-order valence-electron chi connectivity index (χ1n) is 12.1. The molecule has 1 amide bonds. The van der Waals surface area contributed by atoms with Gasteiger partial charge in [-0.05, 0) is 55.3 Å². The standard InChI is InChI=1S/C27H30N6O2.2ClH/c34-25(31-35)12-10-20-9-11-24-22(17-20)23-19-33(18-21-7-3-1-4-8-21)30-26(23)27(29-24)28-13-16-32-14-5-2-6-15-32;;/h1,3-4,7-12,17,19,35H,2,5-6,13-16,18H2,(H,28,29)(H,31,34);2*1H/b12-10+;;. The average molecular weight is 543 g/mol. The highest BCUT2D eigenvalue weighted by Crippen LogP contribution is 2.30. The zero-order valence-corrected chi connectivity index (χ0v) is 22.1. The number of nitrogens with one attached hydrogen (secondary N) is 2. The lowest BCUT2D eigenvalue weighted by molar-refractivity contribution is -0.124. The first kappa shape index (κ1) is 28.4. The molecule has 4 aromatic rings. The third-order valence-electron chi connectivity index (χ3n) is 6.42. The highest BCUT2D eigenvalue weighted by atomic mass is 35.5. The maximum Gasteiger partial charge on any atom is 0.267 e. The zero-order chi connectivity index (χ0) is 24.0. The quantitative estimate of drug-likeness (QED) is 0.166. The minimum atomic E-state index is -0.572. The molecule has 37 heavy (non-hydrogen) atoms. The van der Waals surface area contributed by atoms with Crippen molar-refractivity contribution in [2.75, 3.05) is 31.5 Å². The van der Waals surface area contributed by atoms with Gasteiger partial charge >= 0.3 is 0 Å². The number of fused-ring (bicyclic) bond motifs is 3. The van der Waals surface area contributed by atoms with Crippen molar-refractivity contribution in [3.63, 3.8) is 0 Å². The van der Waals surface area contributed by atoms with Gasteiger partial charge in [-0.15, -0.1) is 24.8 Å². The van der Waals surface area contributed by atoms with Crippen LogP contribution in [0.4, 0.5) is 5.82 Å². The Hall–Kier alpha value is -3.17. The van der Waals surface area contributed by atoms with Crippen LogP contribution in [0.25, 0.3) is 27.9 Å². The van der Waals surface area contributed by atoms with Crippen molar-refractivity contribution in [1.29, 1.82) is 0 Å². The molecule has 0 aliphatic carbocycles. The van der Waals surface area contributed by atoms with Crippen molar-refractivity contribution < 1.29 is 10.0 Å². The van der Waals surface area contributed by atoms with E-state index in [0.717, 1.165) is 46.3 Å². The van der Waals surface area contributed by atoms with Crippen LogP contribution in [0.2, 0.25) is 0 Å². The number of carbonyl (C=O) groups excluding carboxylic acids is 1. The molecule has 2 aromatic carbocycles. The molecule has 2 aromatic heterocycles. The highest BCUT2D eigenvalue weighted by Gasteiger charge is 2.15. The van der Waals surface area contributed by atoms with Gasteiger partial charge < -0.3 is 10.2 Å². The van der Waals surface area contributed by atoms with Crippen molar-refractivity contribution in [1.82, 2.24) is 25.1 Å². The summed E-state index contributed by atoms with van der Waals surface area (Å²) in [6.07, 6.45) is 8.91. The Morgan fingerprint density at radius 3 is 2.57 bits per heavy atom. The Bertz CT molecular complexity index is 1350. The predicted octanol–water partition coefficient (Wildman–Crippen LogP) is 4.89. The Kier molecular flexibility index (Phi) is 10.3. The van der Waals surface area contributed by atoms with Crippen molar-refractivity contribution in [3.8, 4) is 0 Å². The summed E-state index contributed by atoms with van der Waals surface area (Å²) in [5.74, 6) is 0.219. The molecule has 1 aliphatic heterocycles. The average Bonchev–Trinajstić information content (AvgIpc) is 3.32. The van der Waals surface area contributed by atoms with Gasteiger partial charge in [0.25, 0.3) is 5.91 Å². The van der Waals surface area contributed by atoms with Crippen LogP contribution in [0.1, 0.15) is 30.4 Å². The van der Waals surface area contributed by atoms with E-state index in [2.05, 4.69) is 28.5 Å². The van der Waals surface area contributed by atoms with Gasteiger partial charge in [0.2, 0.25) is 0 Å². The van der Waals surface area contributed by atoms with Gasteiger partial charge in [0.1, 0.15) is 5.52 Å². The smallest absolute Gasteiger partial charge is 0.267 e. The SMILES string of the molecule is Cl.Cl.O=C(/C=C/c1ccc2nc(NCCN3CCCCC3)c3nn(Cc4ccccc4)cc3c2c1)NO. The molecule has 1 saturated heterocycles. The fraction of sp³-hybridized carbons (Fsp3) is 0.296. The molecule has 0 bridgehead atoms. The zero-order valence-electron chi connectivity index (χ0n) is 20.5. The third-order valence-corrected chi connectivity index (χ3v) is 6.42. The molecular weight excluding hydrogens is 511 g/mol. The number of benzene rings is 2. The van der Waals surface area contributed by atoms with Crippen molar-refractivity contribution in [2.45, 2.75) is 25.8 Å². The van der Waals surface area contributed by atoms with Crippen LogP contribution in [-0.4, -0.2) is 57.0 Å². The van der Waals surface area contributed by atoms with Crippen LogP contribution in [0, 0.1) is 0 Å². The Balaban J connectivity index is 0.00000190. The summed E-state index contributed by atoms with van der Waals surface area (Å²) >= 11 is 0. The Morgan fingerprint density at radius 1 is 1.03 bits per heavy atom. The van der Waals surface area contributed by atoms with E-state index < -0.39 is 5.91 Å². The number of hydrogen-bond donors (Lipinski definition) is 3. The van der Waals surface area contributed by atoms with E-state index in [4.69, 9.17) is 15.3 Å². The van der Waals surface area contributed by atoms with Crippen LogP contribution < -0.4 is 10.8 Å². The molecule has 0 saturated carbocycles. The number of aromatic nitrogens is 3. The molecule has 0 atom stereocenters. The van der Waals surface area contributed by atoms with E-state index in [1.165, 1.54) is 44.0 Å². The van der Waals surface area contributed by atoms with E-state index >= 15 is 0 Å². The second-order valence-electron chi connectivity index (χ2n) is 8.95. The monoisotopic (exact) mass is 542 g/mol.